The molecule has 4 nitrogen and oxygen atoms in total. The summed E-state index contributed by atoms with van der Waals surface area (Å²) in [5, 5.41) is 4.70. The number of allylic oxidation sites excluding steroid dienone is 2. The molecule has 1 heterocycles. The quantitative estimate of drug-likeness (QED) is 0.505. The average Bonchev–Trinajstić information content (AvgIpc) is 2.71. The summed E-state index contributed by atoms with van der Waals surface area (Å²) >= 11 is 0. The van der Waals surface area contributed by atoms with Gasteiger partial charge in [0.15, 0.2) is 5.78 Å². The van der Waals surface area contributed by atoms with E-state index in [0.717, 1.165) is 10.9 Å². The molecule has 1 aliphatic rings. The number of carbonyl (C=O) groups is 2. The van der Waals surface area contributed by atoms with Crippen molar-refractivity contribution in [2.24, 2.45) is 0 Å². The fourth-order valence-corrected chi connectivity index (χ4v) is 3.68. The summed E-state index contributed by atoms with van der Waals surface area (Å²) in [7, 11) is 0. The first-order valence-electron chi connectivity index (χ1n) is 8.71. The molecule has 3 aromatic carbocycles. The maximum absolute atomic E-state index is 12.7. The van der Waals surface area contributed by atoms with Crippen molar-refractivity contribution in [3.05, 3.63) is 95.6 Å². The average molecular weight is 350 g/mol. The molecule has 0 fully saturated rings. The molecular weight excluding hydrogens is 336 g/mol. The van der Waals surface area contributed by atoms with Gasteiger partial charge in [0.05, 0.1) is 5.56 Å². The zero-order valence-corrected chi connectivity index (χ0v) is 14.3. The summed E-state index contributed by atoms with van der Waals surface area (Å²) in [5.74, 6) is -0.419. The van der Waals surface area contributed by atoms with Crippen LogP contribution in [0.5, 0.6) is 0 Å². The molecule has 1 aliphatic carbocycles. The van der Waals surface area contributed by atoms with E-state index in [-0.39, 0.29) is 22.8 Å². The predicted octanol–water partition coefficient (Wildman–Crippen LogP) is 4.33. The molecule has 0 saturated carbocycles. The second-order valence-electron chi connectivity index (χ2n) is 6.67. The van der Waals surface area contributed by atoms with Gasteiger partial charge in [-0.25, -0.2) is 9.97 Å². The summed E-state index contributed by atoms with van der Waals surface area (Å²) in [5.41, 5.74) is 1.93. The third-order valence-corrected chi connectivity index (χ3v) is 4.99. The lowest BCUT2D eigenvalue weighted by molar-refractivity contribution is 0.0978. The Bertz CT molecular complexity index is 1290. The lowest BCUT2D eigenvalue weighted by Crippen LogP contribution is -2.20. The number of nitrogens with zero attached hydrogens (tertiary/aromatic N) is 2. The van der Waals surface area contributed by atoms with Crippen LogP contribution < -0.4 is 0 Å². The van der Waals surface area contributed by atoms with Gasteiger partial charge in [-0.05, 0) is 33.2 Å². The van der Waals surface area contributed by atoms with Crippen LogP contribution >= 0.6 is 0 Å². The zero-order chi connectivity index (χ0) is 18.4. The lowest BCUT2D eigenvalue weighted by Gasteiger charge is -2.14. The third kappa shape index (κ3) is 2.54. The second kappa shape index (κ2) is 5.95. The largest absolute Gasteiger partial charge is 0.289 e. The highest BCUT2D eigenvalue weighted by atomic mass is 16.1. The number of carbonyl (C=O) groups excluding carboxylic acids is 2. The van der Waals surface area contributed by atoms with Crippen molar-refractivity contribution in [3.63, 3.8) is 0 Å². The van der Waals surface area contributed by atoms with Crippen LogP contribution in [0.1, 0.15) is 26.4 Å². The van der Waals surface area contributed by atoms with Crippen LogP contribution in [0.15, 0.2) is 78.8 Å². The number of aromatic nitrogens is 2. The van der Waals surface area contributed by atoms with Crippen molar-refractivity contribution >= 4 is 33.1 Å². The van der Waals surface area contributed by atoms with E-state index in [0.29, 0.717) is 12.0 Å². The first-order chi connectivity index (χ1) is 13.2. The topological polar surface area (TPSA) is 59.9 Å². The predicted molar refractivity (Wildman–Crippen MR) is 104 cm³/mol. The fraction of sp³-hybridized carbons (Fsp3) is 0.0435. The van der Waals surface area contributed by atoms with Crippen LogP contribution in [0, 0.1) is 0 Å². The molecule has 4 heteroatoms. The highest BCUT2D eigenvalue weighted by Crippen LogP contribution is 2.28. The zero-order valence-electron chi connectivity index (χ0n) is 14.3. The minimum atomic E-state index is -0.242. The van der Waals surface area contributed by atoms with Gasteiger partial charge in [0.25, 0.3) is 0 Å². The van der Waals surface area contributed by atoms with Crippen LogP contribution in [-0.2, 0) is 6.42 Å². The van der Waals surface area contributed by atoms with E-state index in [1.165, 1.54) is 34.8 Å². The van der Waals surface area contributed by atoms with Gasteiger partial charge in [0.2, 0.25) is 5.78 Å². The number of hydrogen-bond donors (Lipinski definition) is 0. The molecule has 1 aromatic heterocycles. The molecule has 5 rings (SSSR count). The lowest BCUT2D eigenvalue weighted by atomic mass is 9.89. The standard InChI is InChI=1S/C23H14N2O2/c26-21-11-17(23(27)20-12-24-13-25-22(20)21)10-14-5-8-19-16(9-14)7-6-15-3-1-2-4-18(15)19/h1-9,11-13H,10H2. The van der Waals surface area contributed by atoms with Crippen molar-refractivity contribution in [3.8, 4) is 0 Å². The van der Waals surface area contributed by atoms with E-state index in [2.05, 4.69) is 46.4 Å². The third-order valence-electron chi connectivity index (χ3n) is 4.99. The molecule has 0 N–H and O–H groups in total. The highest BCUT2D eigenvalue weighted by Gasteiger charge is 2.26. The molecule has 27 heavy (non-hydrogen) atoms. The minimum absolute atomic E-state index is 0.177. The number of Topliss-reactive ketones (excluding diaryl/α,β-unsaturated/α-hetero) is 1. The molecular formula is C23H14N2O2. The van der Waals surface area contributed by atoms with E-state index >= 15 is 0 Å². The highest BCUT2D eigenvalue weighted by molar-refractivity contribution is 6.23. The minimum Gasteiger partial charge on any atom is -0.289 e. The summed E-state index contributed by atoms with van der Waals surface area (Å²) in [6.07, 6.45) is 4.52. The Kier molecular flexibility index (Phi) is 3.44. The summed E-state index contributed by atoms with van der Waals surface area (Å²) in [4.78, 5) is 32.8. The van der Waals surface area contributed by atoms with Crippen molar-refractivity contribution in [2.75, 3.05) is 0 Å². The van der Waals surface area contributed by atoms with Crippen LogP contribution in [0.2, 0.25) is 0 Å². The molecule has 128 valence electrons. The van der Waals surface area contributed by atoms with Crippen LogP contribution in [0.4, 0.5) is 0 Å². The second-order valence-corrected chi connectivity index (χ2v) is 6.67. The van der Waals surface area contributed by atoms with Gasteiger partial charge in [-0.3, -0.25) is 9.59 Å². The maximum Gasteiger partial charge on any atom is 0.205 e. The summed E-state index contributed by atoms with van der Waals surface area (Å²) in [6, 6.07) is 18.6. The van der Waals surface area contributed by atoms with E-state index in [4.69, 9.17) is 0 Å². The molecule has 0 atom stereocenters. The summed E-state index contributed by atoms with van der Waals surface area (Å²) in [6.45, 7) is 0. The van der Waals surface area contributed by atoms with Crippen LogP contribution in [-0.4, -0.2) is 21.5 Å². The Hall–Kier alpha value is -3.66. The Morgan fingerprint density at radius 1 is 0.852 bits per heavy atom. The number of rotatable bonds is 2. The van der Waals surface area contributed by atoms with E-state index in [1.807, 2.05) is 18.2 Å². The number of fused-ring (bicyclic) bond motifs is 4. The number of benzene rings is 3. The molecule has 4 aromatic rings. The van der Waals surface area contributed by atoms with E-state index < -0.39 is 0 Å². The van der Waals surface area contributed by atoms with Gasteiger partial charge in [-0.1, -0.05) is 54.6 Å². The van der Waals surface area contributed by atoms with Crippen molar-refractivity contribution in [1.82, 2.24) is 9.97 Å². The Morgan fingerprint density at radius 3 is 2.59 bits per heavy atom. The van der Waals surface area contributed by atoms with E-state index in [1.54, 1.807) is 0 Å². The number of hydrogen-bond acceptors (Lipinski definition) is 4. The first kappa shape index (κ1) is 15.6. The molecule has 0 bridgehead atoms. The SMILES string of the molecule is O=C1C(Cc2ccc3c(ccc4ccccc43)c2)=CC(=O)c2ncncc21. The smallest absolute Gasteiger partial charge is 0.205 e. The van der Waals surface area contributed by atoms with E-state index in [9.17, 15) is 9.59 Å². The molecule has 0 unspecified atom stereocenters. The van der Waals surface area contributed by atoms with Gasteiger partial charge < -0.3 is 0 Å². The molecule has 0 amide bonds. The molecule has 0 aliphatic heterocycles. The van der Waals surface area contributed by atoms with Crippen molar-refractivity contribution in [2.45, 2.75) is 6.42 Å². The number of ketones is 2. The maximum atomic E-state index is 12.7. The summed E-state index contributed by atoms with van der Waals surface area (Å²) < 4.78 is 0. The first-order valence-corrected chi connectivity index (χ1v) is 8.71. The molecule has 0 spiro atoms. The van der Waals surface area contributed by atoms with Crippen LogP contribution in [0.25, 0.3) is 21.5 Å². The molecule has 0 radical (unpaired) electrons. The molecule has 0 saturated heterocycles. The van der Waals surface area contributed by atoms with Crippen LogP contribution in [0.3, 0.4) is 0 Å². The Balaban J connectivity index is 1.54. The van der Waals surface area contributed by atoms with Crippen molar-refractivity contribution < 1.29 is 9.59 Å². The van der Waals surface area contributed by atoms with Gasteiger partial charge in [-0.2, -0.15) is 0 Å². The van der Waals surface area contributed by atoms with Crippen molar-refractivity contribution in [1.29, 1.82) is 0 Å². The Labute approximate surface area is 155 Å². The van der Waals surface area contributed by atoms with Gasteiger partial charge in [0.1, 0.15) is 12.0 Å². The van der Waals surface area contributed by atoms with Gasteiger partial charge in [0, 0.05) is 18.2 Å². The Morgan fingerprint density at radius 2 is 1.67 bits per heavy atom. The monoisotopic (exact) mass is 350 g/mol. The fourth-order valence-electron chi connectivity index (χ4n) is 3.68. The van der Waals surface area contributed by atoms with Gasteiger partial charge in [-0.15, -0.1) is 0 Å². The normalized spacial score (nSPS) is 13.7. The van der Waals surface area contributed by atoms with Gasteiger partial charge >= 0.3 is 0 Å².